The fourth-order valence-corrected chi connectivity index (χ4v) is 1.56. The van der Waals surface area contributed by atoms with Gasteiger partial charge in [0.25, 0.3) is 0 Å². The van der Waals surface area contributed by atoms with Crippen molar-refractivity contribution in [3.8, 4) is 0 Å². The van der Waals surface area contributed by atoms with Gasteiger partial charge < -0.3 is 28.7 Å². The van der Waals surface area contributed by atoms with E-state index in [1.54, 1.807) is 0 Å². The van der Waals surface area contributed by atoms with E-state index in [0.29, 0.717) is 6.92 Å². The van der Waals surface area contributed by atoms with Gasteiger partial charge in [0.2, 0.25) is 0 Å². The molecule has 0 heterocycles. The van der Waals surface area contributed by atoms with Crippen molar-refractivity contribution in [2.45, 2.75) is 12.3 Å². The monoisotopic (exact) mass is 342 g/mol. The second kappa shape index (κ2) is 14.8. The SMILES string of the molecule is CC(P(=O)([O-])[O-])P(=O)([O-])[O-].[K+].[K+].[K+].[K+]. The first-order chi connectivity index (χ1) is 4.15. The average Bonchev–Trinajstić information content (AvgIpc) is 1.59. The number of rotatable bonds is 2. The molecule has 0 aromatic carbocycles. The Morgan fingerprint density at radius 3 is 0.929 bits per heavy atom. The molecule has 0 unspecified atom stereocenters. The maximum Gasteiger partial charge on any atom is 1.00 e. The smallest absolute Gasteiger partial charge is 0.810 e. The fraction of sp³-hybridized carbons (Fsp3) is 1.00. The maximum atomic E-state index is 9.88. The van der Waals surface area contributed by atoms with Gasteiger partial charge >= 0.3 is 206 Å². The quantitative estimate of drug-likeness (QED) is 0.362. The van der Waals surface area contributed by atoms with E-state index in [4.69, 9.17) is 0 Å². The Morgan fingerprint density at radius 2 is 0.929 bits per heavy atom. The van der Waals surface area contributed by atoms with Gasteiger partial charge in [0.15, 0.2) is 0 Å². The van der Waals surface area contributed by atoms with E-state index < -0.39 is 20.6 Å². The van der Waals surface area contributed by atoms with E-state index in [0.717, 1.165) is 0 Å². The first kappa shape index (κ1) is 32.7. The van der Waals surface area contributed by atoms with Crippen molar-refractivity contribution in [2.24, 2.45) is 0 Å². The zero-order valence-electron chi connectivity index (χ0n) is 8.92. The van der Waals surface area contributed by atoms with Gasteiger partial charge in [0, 0.05) is 5.40 Å². The van der Waals surface area contributed by atoms with Crippen LogP contribution in [0.1, 0.15) is 6.92 Å². The van der Waals surface area contributed by atoms with Crippen LogP contribution in [-0.2, 0) is 9.13 Å². The third kappa shape index (κ3) is 16.9. The summed E-state index contributed by atoms with van der Waals surface area (Å²) in [6.07, 6.45) is 0. The molecule has 62 valence electrons. The zero-order chi connectivity index (χ0) is 8.58. The Bertz CT molecular complexity index is 188. The van der Waals surface area contributed by atoms with Crippen LogP contribution in [-0.4, -0.2) is 5.40 Å². The summed E-state index contributed by atoms with van der Waals surface area (Å²) < 4.78 is 19.8. The molecule has 0 aliphatic heterocycles. The van der Waals surface area contributed by atoms with Gasteiger partial charge in [-0.1, -0.05) is 22.1 Å². The Kier molecular flexibility index (Phi) is 34.5. The molecule has 0 aromatic heterocycles. The van der Waals surface area contributed by atoms with Gasteiger partial charge in [-0.25, -0.2) is 0 Å². The fourth-order valence-electron chi connectivity index (χ4n) is 0.173. The average molecular weight is 342 g/mol. The van der Waals surface area contributed by atoms with Crippen molar-refractivity contribution >= 4 is 15.2 Å². The number of hydrogen-bond donors (Lipinski definition) is 0. The maximum absolute atomic E-state index is 9.88. The van der Waals surface area contributed by atoms with Crippen LogP contribution in [0, 0.1) is 0 Å². The molecule has 0 saturated heterocycles. The second-order valence-electron chi connectivity index (χ2n) is 1.71. The van der Waals surface area contributed by atoms with Crippen LogP contribution in [0.3, 0.4) is 0 Å². The minimum absolute atomic E-state index is 0. The van der Waals surface area contributed by atoms with E-state index in [1.165, 1.54) is 0 Å². The molecular formula is C2H4K4O6P2. The van der Waals surface area contributed by atoms with Crippen molar-refractivity contribution in [1.29, 1.82) is 0 Å². The molecule has 14 heavy (non-hydrogen) atoms. The van der Waals surface area contributed by atoms with Crippen LogP contribution in [0.5, 0.6) is 0 Å². The van der Waals surface area contributed by atoms with Crippen molar-refractivity contribution in [3.05, 3.63) is 0 Å². The number of hydrogen-bond acceptors (Lipinski definition) is 6. The van der Waals surface area contributed by atoms with Crippen LogP contribution < -0.4 is 225 Å². The largest absolute Gasteiger partial charge is 1.00 e. The second-order valence-corrected chi connectivity index (χ2v) is 5.83. The van der Waals surface area contributed by atoms with Crippen molar-refractivity contribution in [3.63, 3.8) is 0 Å². The van der Waals surface area contributed by atoms with E-state index in [-0.39, 0.29) is 206 Å². The molecule has 0 bridgehead atoms. The first-order valence-electron chi connectivity index (χ1n) is 2.19. The molecule has 0 aromatic rings. The predicted octanol–water partition coefficient (Wildman–Crippen LogP) is -14.8. The standard InChI is InChI=1S/C2H8O6P2.4K/c1-2(9(3,4)5)10(6,7)8;;;;/h2H,1H3,(H2,3,4,5)(H2,6,7,8);;;;/q;4*+1/p-4. The minimum Gasteiger partial charge on any atom is -0.810 e. The zero-order valence-corrected chi connectivity index (χ0v) is 23.2. The summed E-state index contributed by atoms with van der Waals surface area (Å²) in [5.41, 5.74) is 0. The molecule has 0 atom stereocenters. The Hall–Kier alpha value is 6.85. The summed E-state index contributed by atoms with van der Waals surface area (Å²) in [6, 6.07) is 0. The van der Waals surface area contributed by atoms with Crippen molar-refractivity contribution in [2.75, 3.05) is 0 Å². The van der Waals surface area contributed by atoms with Gasteiger partial charge in [-0.2, -0.15) is 0 Å². The summed E-state index contributed by atoms with van der Waals surface area (Å²) in [5.74, 6) is 0. The van der Waals surface area contributed by atoms with Gasteiger partial charge in [0.05, 0.1) is 0 Å². The molecule has 0 saturated carbocycles. The molecule has 0 spiro atoms. The van der Waals surface area contributed by atoms with Crippen molar-refractivity contribution < 1.29 is 234 Å². The molecule has 12 heteroatoms. The van der Waals surface area contributed by atoms with Gasteiger partial charge in [-0.15, -0.1) is 0 Å². The third-order valence-electron chi connectivity index (χ3n) is 0.915. The van der Waals surface area contributed by atoms with Gasteiger partial charge in [-0.3, -0.25) is 0 Å². The van der Waals surface area contributed by atoms with Crippen LogP contribution in [0.25, 0.3) is 0 Å². The molecule has 0 amide bonds. The molecular weight excluding hydrogens is 338 g/mol. The van der Waals surface area contributed by atoms with E-state index in [9.17, 15) is 28.7 Å². The Balaban J connectivity index is -0.0000000675. The van der Waals surface area contributed by atoms with E-state index in [2.05, 4.69) is 0 Å². The summed E-state index contributed by atoms with van der Waals surface area (Å²) in [5, 5.41) is -2.35. The minimum atomic E-state index is -5.27. The van der Waals surface area contributed by atoms with Gasteiger partial charge in [-0.05, 0) is 0 Å². The normalized spacial score (nSPS) is 10.1. The van der Waals surface area contributed by atoms with Crippen molar-refractivity contribution in [1.82, 2.24) is 0 Å². The molecule has 0 N–H and O–H groups in total. The van der Waals surface area contributed by atoms with Crippen LogP contribution in [0.4, 0.5) is 0 Å². The van der Waals surface area contributed by atoms with Crippen LogP contribution in [0.15, 0.2) is 0 Å². The predicted molar refractivity (Wildman–Crippen MR) is 24.7 cm³/mol. The van der Waals surface area contributed by atoms with E-state index >= 15 is 0 Å². The molecule has 0 rings (SSSR count). The summed E-state index contributed by atoms with van der Waals surface area (Å²) in [7, 11) is -10.5. The van der Waals surface area contributed by atoms with Crippen LogP contribution in [0.2, 0.25) is 0 Å². The molecule has 0 aliphatic rings. The van der Waals surface area contributed by atoms with Gasteiger partial charge in [0.1, 0.15) is 0 Å². The summed E-state index contributed by atoms with van der Waals surface area (Å²) in [6.45, 7) is 0.557. The Labute approximate surface area is 253 Å². The van der Waals surface area contributed by atoms with E-state index in [1.807, 2.05) is 0 Å². The molecule has 0 fully saturated rings. The summed E-state index contributed by atoms with van der Waals surface area (Å²) in [4.78, 5) is 39.5. The molecule has 0 aliphatic carbocycles. The molecule has 0 radical (unpaired) electrons. The first-order valence-corrected chi connectivity index (χ1v) is 5.41. The molecule has 6 nitrogen and oxygen atoms in total. The van der Waals surface area contributed by atoms with Crippen LogP contribution >= 0.6 is 15.2 Å². The third-order valence-corrected chi connectivity index (χ3v) is 4.44. The Morgan fingerprint density at radius 1 is 0.786 bits per heavy atom. The topological polar surface area (TPSA) is 126 Å². The summed E-state index contributed by atoms with van der Waals surface area (Å²) >= 11 is 0.